The lowest BCUT2D eigenvalue weighted by molar-refractivity contribution is 0.511. The molecular weight excluding hydrogens is 245 g/mol. The molecule has 0 saturated heterocycles. The Kier molecular flexibility index (Phi) is 2.97. The largest absolute Gasteiger partial charge is 0.438 e. The first-order chi connectivity index (χ1) is 9.26. The number of rotatable bonds is 3. The van der Waals surface area contributed by atoms with Gasteiger partial charge in [0.15, 0.2) is 11.2 Å². The third-order valence-corrected chi connectivity index (χ3v) is 2.75. The fourth-order valence-corrected chi connectivity index (χ4v) is 1.90. The number of fused-ring (bicyclic) bond motifs is 1. The number of aromatic nitrogens is 2. The van der Waals surface area contributed by atoms with Crippen LogP contribution in [0.5, 0.6) is 0 Å². The summed E-state index contributed by atoms with van der Waals surface area (Å²) in [6.45, 7) is 0.547. The van der Waals surface area contributed by atoms with E-state index in [0.29, 0.717) is 29.4 Å². The highest BCUT2D eigenvalue weighted by molar-refractivity contribution is 5.73. The van der Waals surface area contributed by atoms with Gasteiger partial charge in [0.1, 0.15) is 5.82 Å². The van der Waals surface area contributed by atoms with Gasteiger partial charge in [0.25, 0.3) is 0 Å². The zero-order chi connectivity index (χ0) is 13.2. The number of oxazole rings is 1. The predicted molar refractivity (Wildman–Crippen MR) is 70.0 cm³/mol. The molecule has 0 aliphatic rings. The van der Waals surface area contributed by atoms with E-state index in [1.54, 1.807) is 18.2 Å². The smallest absolute Gasteiger partial charge is 0.211 e. The highest BCUT2D eigenvalue weighted by Crippen LogP contribution is 2.22. The molecule has 0 aliphatic carbocycles. The van der Waals surface area contributed by atoms with Crippen LogP contribution in [0.1, 0.15) is 5.89 Å². The van der Waals surface area contributed by atoms with Gasteiger partial charge in [-0.05, 0) is 31.3 Å². The van der Waals surface area contributed by atoms with E-state index in [1.165, 1.54) is 12.1 Å². The third-order valence-electron chi connectivity index (χ3n) is 2.75. The van der Waals surface area contributed by atoms with Gasteiger partial charge in [0, 0.05) is 5.56 Å². The summed E-state index contributed by atoms with van der Waals surface area (Å²) in [5.74, 6) is 0.303. The Morgan fingerprint density at radius 2 is 2.11 bits per heavy atom. The van der Waals surface area contributed by atoms with Crippen molar-refractivity contribution >= 4 is 11.2 Å². The Morgan fingerprint density at radius 1 is 1.21 bits per heavy atom. The maximum Gasteiger partial charge on any atom is 0.211 e. The lowest BCUT2D eigenvalue weighted by Crippen LogP contribution is -2.04. The standard InChI is InChI=1S/C14H12FN3O/c1-16-8-13-18-14-12(19-13)6-5-11(17-14)9-3-2-4-10(15)7-9/h2-7,16H,8H2,1H3. The summed E-state index contributed by atoms with van der Waals surface area (Å²) >= 11 is 0. The fourth-order valence-electron chi connectivity index (χ4n) is 1.90. The average Bonchev–Trinajstić information content (AvgIpc) is 2.80. The maximum absolute atomic E-state index is 13.2. The molecule has 0 bridgehead atoms. The molecule has 0 radical (unpaired) electrons. The highest BCUT2D eigenvalue weighted by atomic mass is 19.1. The molecule has 0 saturated carbocycles. The van der Waals surface area contributed by atoms with Gasteiger partial charge in [0.2, 0.25) is 5.89 Å². The van der Waals surface area contributed by atoms with Crippen LogP contribution in [0.25, 0.3) is 22.5 Å². The first-order valence-electron chi connectivity index (χ1n) is 5.93. The van der Waals surface area contributed by atoms with Crippen LogP contribution in [0, 0.1) is 5.82 Å². The van der Waals surface area contributed by atoms with E-state index in [1.807, 2.05) is 13.1 Å². The second kappa shape index (κ2) is 4.78. The van der Waals surface area contributed by atoms with Crippen molar-refractivity contribution in [3.8, 4) is 11.3 Å². The molecule has 2 heterocycles. The molecule has 5 heteroatoms. The number of halogens is 1. The normalized spacial score (nSPS) is 11.1. The molecule has 1 N–H and O–H groups in total. The van der Waals surface area contributed by atoms with Gasteiger partial charge in [-0.25, -0.2) is 9.37 Å². The summed E-state index contributed by atoms with van der Waals surface area (Å²) in [6, 6.07) is 9.92. The molecule has 0 spiro atoms. The summed E-state index contributed by atoms with van der Waals surface area (Å²) in [5.41, 5.74) is 2.56. The van der Waals surface area contributed by atoms with E-state index in [-0.39, 0.29) is 5.82 Å². The van der Waals surface area contributed by atoms with Crippen molar-refractivity contribution in [2.24, 2.45) is 0 Å². The maximum atomic E-state index is 13.2. The minimum Gasteiger partial charge on any atom is -0.438 e. The van der Waals surface area contributed by atoms with Crippen molar-refractivity contribution in [2.75, 3.05) is 7.05 Å². The zero-order valence-electron chi connectivity index (χ0n) is 10.4. The van der Waals surface area contributed by atoms with Crippen LogP contribution in [0.15, 0.2) is 40.8 Å². The summed E-state index contributed by atoms with van der Waals surface area (Å²) in [7, 11) is 1.82. The molecule has 0 amide bonds. The van der Waals surface area contributed by atoms with Crippen molar-refractivity contribution < 1.29 is 8.81 Å². The van der Waals surface area contributed by atoms with E-state index in [0.717, 1.165) is 5.56 Å². The first-order valence-corrected chi connectivity index (χ1v) is 5.93. The van der Waals surface area contributed by atoms with Gasteiger partial charge >= 0.3 is 0 Å². The van der Waals surface area contributed by atoms with Crippen LogP contribution in [0.2, 0.25) is 0 Å². The Balaban J connectivity index is 2.05. The Hall–Kier alpha value is -2.27. The van der Waals surface area contributed by atoms with Crippen molar-refractivity contribution in [1.82, 2.24) is 15.3 Å². The SMILES string of the molecule is CNCc1nc2nc(-c3cccc(F)c3)ccc2o1. The number of nitrogens with zero attached hydrogens (tertiary/aromatic N) is 2. The molecule has 0 aliphatic heterocycles. The first kappa shape index (κ1) is 11.8. The average molecular weight is 257 g/mol. The molecule has 19 heavy (non-hydrogen) atoms. The molecule has 3 rings (SSSR count). The molecule has 4 nitrogen and oxygen atoms in total. The number of hydrogen-bond donors (Lipinski definition) is 1. The Bertz CT molecular complexity index is 724. The van der Waals surface area contributed by atoms with Gasteiger partial charge in [-0.3, -0.25) is 0 Å². The minimum atomic E-state index is -0.282. The van der Waals surface area contributed by atoms with Crippen LogP contribution in [-0.2, 0) is 6.54 Å². The molecule has 2 aromatic heterocycles. The van der Waals surface area contributed by atoms with E-state index in [4.69, 9.17) is 4.42 Å². The van der Waals surface area contributed by atoms with E-state index >= 15 is 0 Å². The van der Waals surface area contributed by atoms with Crippen LogP contribution in [-0.4, -0.2) is 17.0 Å². The molecule has 0 unspecified atom stereocenters. The lowest BCUT2D eigenvalue weighted by atomic mass is 10.1. The van der Waals surface area contributed by atoms with Gasteiger partial charge < -0.3 is 9.73 Å². The number of pyridine rings is 1. The monoisotopic (exact) mass is 257 g/mol. The van der Waals surface area contributed by atoms with E-state index in [9.17, 15) is 4.39 Å². The number of nitrogens with one attached hydrogen (secondary N) is 1. The molecule has 1 aromatic carbocycles. The predicted octanol–water partition coefficient (Wildman–Crippen LogP) is 2.75. The summed E-state index contributed by atoms with van der Waals surface area (Å²) in [5, 5.41) is 2.97. The lowest BCUT2D eigenvalue weighted by Gasteiger charge is -1.99. The zero-order valence-corrected chi connectivity index (χ0v) is 10.4. The van der Waals surface area contributed by atoms with Crippen LogP contribution >= 0.6 is 0 Å². The van der Waals surface area contributed by atoms with Crippen LogP contribution in [0.4, 0.5) is 4.39 Å². The molecule has 0 fully saturated rings. The topological polar surface area (TPSA) is 51.0 Å². The second-order valence-electron chi connectivity index (χ2n) is 4.17. The van der Waals surface area contributed by atoms with E-state index < -0.39 is 0 Å². The quantitative estimate of drug-likeness (QED) is 0.783. The Labute approximate surface area is 109 Å². The van der Waals surface area contributed by atoms with Gasteiger partial charge in [-0.1, -0.05) is 12.1 Å². The second-order valence-corrected chi connectivity index (χ2v) is 4.17. The molecule has 3 aromatic rings. The van der Waals surface area contributed by atoms with Gasteiger partial charge in [-0.2, -0.15) is 4.98 Å². The molecular formula is C14H12FN3O. The summed E-state index contributed by atoms with van der Waals surface area (Å²) < 4.78 is 18.7. The molecule has 96 valence electrons. The van der Waals surface area contributed by atoms with Gasteiger partial charge in [-0.15, -0.1) is 0 Å². The van der Waals surface area contributed by atoms with Crippen LogP contribution in [0.3, 0.4) is 0 Å². The van der Waals surface area contributed by atoms with Crippen molar-refractivity contribution in [2.45, 2.75) is 6.54 Å². The number of hydrogen-bond acceptors (Lipinski definition) is 4. The van der Waals surface area contributed by atoms with Crippen LogP contribution < -0.4 is 5.32 Å². The minimum absolute atomic E-state index is 0.282. The Morgan fingerprint density at radius 3 is 2.89 bits per heavy atom. The van der Waals surface area contributed by atoms with Crippen molar-refractivity contribution in [3.63, 3.8) is 0 Å². The third kappa shape index (κ3) is 2.32. The van der Waals surface area contributed by atoms with E-state index in [2.05, 4.69) is 15.3 Å². The summed E-state index contributed by atoms with van der Waals surface area (Å²) in [6.07, 6.45) is 0. The highest BCUT2D eigenvalue weighted by Gasteiger charge is 2.08. The van der Waals surface area contributed by atoms with Crippen molar-refractivity contribution in [3.05, 3.63) is 48.1 Å². The van der Waals surface area contributed by atoms with Gasteiger partial charge in [0.05, 0.1) is 12.2 Å². The van der Waals surface area contributed by atoms with Crippen molar-refractivity contribution in [1.29, 1.82) is 0 Å². The summed E-state index contributed by atoms with van der Waals surface area (Å²) in [4.78, 5) is 8.67. The fraction of sp³-hybridized carbons (Fsp3) is 0.143. The molecule has 0 atom stereocenters. The number of benzene rings is 1.